The van der Waals surface area contributed by atoms with Crippen molar-refractivity contribution >= 4 is 25.3 Å². The van der Waals surface area contributed by atoms with E-state index in [0.29, 0.717) is 0 Å². The summed E-state index contributed by atoms with van der Waals surface area (Å²) in [6, 6.07) is 25.7. The minimum atomic E-state index is 0. The zero-order valence-corrected chi connectivity index (χ0v) is 18.5. The molecule has 0 heterocycles. The molecule has 4 rings (SSSR count). The first kappa shape index (κ1) is 23.4. The van der Waals surface area contributed by atoms with Crippen LogP contribution in [-0.4, -0.2) is 3.71 Å². The molecule has 4 aromatic carbocycles. The molecule has 0 aliphatic carbocycles. The van der Waals surface area contributed by atoms with Crippen LogP contribution in [0, 0.1) is 28.7 Å². The van der Waals surface area contributed by atoms with Gasteiger partial charge in [-0.25, -0.2) is 0 Å². The van der Waals surface area contributed by atoms with E-state index in [1.54, 1.807) is 0 Å². The monoisotopic (exact) mass is 406 g/mol. The van der Waals surface area contributed by atoms with Crippen molar-refractivity contribution in [2.75, 3.05) is 0 Å². The van der Waals surface area contributed by atoms with Gasteiger partial charge in [0.2, 0.25) is 0 Å². The molecule has 0 unspecified atom stereocenters. The van der Waals surface area contributed by atoms with Crippen LogP contribution in [0.2, 0.25) is 0 Å². The Bertz CT molecular complexity index is 739. The summed E-state index contributed by atoms with van der Waals surface area (Å²) < 4.78 is 2.09. The van der Waals surface area contributed by atoms with Gasteiger partial charge in [0.1, 0.15) is 0 Å². The largest absolute Gasteiger partial charge is 0.358 e. The smallest absolute Gasteiger partial charge is 0.0579 e. The van der Waals surface area contributed by atoms with Gasteiger partial charge in [-0.05, 0) is 0 Å². The Labute approximate surface area is 168 Å². The molecule has 0 saturated heterocycles. The molecule has 25 heavy (non-hydrogen) atoms. The van der Waals surface area contributed by atoms with E-state index < -0.39 is 0 Å². The van der Waals surface area contributed by atoms with Crippen molar-refractivity contribution in [2.45, 2.75) is 20.8 Å². The molecular weight excluding hydrogens is 379 g/mol. The molecule has 0 atom stereocenters. The molecular formula is C24H28Zr-4. The van der Waals surface area contributed by atoms with Crippen molar-refractivity contribution in [1.82, 2.24) is 0 Å². The summed E-state index contributed by atoms with van der Waals surface area (Å²) in [5.74, 6) is 0. The third kappa shape index (κ3) is 7.04. The van der Waals surface area contributed by atoms with Crippen molar-refractivity contribution < 1.29 is 24.2 Å². The summed E-state index contributed by atoms with van der Waals surface area (Å²) in [6.07, 6.45) is 0. The maximum atomic E-state index is 2.20. The van der Waals surface area contributed by atoms with Gasteiger partial charge in [0.05, 0.1) is 0 Å². The molecule has 0 aromatic heterocycles. The molecule has 132 valence electrons. The second-order valence-corrected chi connectivity index (χ2v) is 7.03. The Kier molecular flexibility index (Phi) is 11.1. The van der Waals surface area contributed by atoms with Crippen LogP contribution in [0.5, 0.6) is 0 Å². The van der Waals surface area contributed by atoms with Crippen LogP contribution in [0.4, 0.5) is 0 Å². The third-order valence-corrected chi connectivity index (χ3v) is 3.52. The summed E-state index contributed by atoms with van der Waals surface area (Å²) in [5, 5.41) is 5.39. The van der Waals surface area contributed by atoms with E-state index in [0.717, 1.165) is 0 Å². The topological polar surface area (TPSA) is 0 Å². The number of benzene rings is 2. The Morgan fingerprint density at radius 2 is 1.04 bits per heavy atom. The van der Waals surface area contributed by atoms with Crippen LogP contribution >= 0.6 is 0 Å². The van der Waals surface area contributed by atoms with Gasteiger partial charge in [-0.2, -0.15) is 12.1 Å². The fourth-order valence-corrected chi connectivity index (χ4v) is 2.61. The van der Waals surface area contributed by atoms with Gasteiger partial charge in [-0.3, -0.25) is 0 Å². The minimum absolute atomic E-state index is 0. The summed E-state index contributed by atoms with van der Waals surface area (Å²) >= 11 is 1.51. The Morgan fingerprint density at radius 3 is 1.36 bits per heavy atom. The van der Waals surface area contributed by atoms with Crippen LogP contribution in [0.3, 0.4) is 0 Å². The van der Waals surface area contributed by atoms with Gasteiger partial charge in [0.25, 0.3) is 0 Å². The second-order valence-electron chi connectivity index (χ2n) is 5.61. The zero-order chi connectivity index (χ0) is 16.7. The van der Waals surface area contributed by atoms with Gasteiger partial charge in [-0.15, -0.1) is 81.2 Å². The van der Waals surface area contributed by atoms with Gasteiger partial charge in [-0.1, -0.05) is 26.0 Å². The number of fused-ring (bicyclic) bond motifs is 2. The normalized spacial score (nSPS) is 8.88. The van der Waals surface area contributed by atoms with Crippen LogP contribution in [0.25, 0.3) is 21.5 Å². The van der Waals surface area contributed by atoms with Crippen LogP contribution in [-0.2, 0) is 24.2 Å². The van der Waals surface area contributed by atoms with Crippen molar-refractivity contribution in [3.05, 3.63) is 98.8 Å². The summed E-state index contributed by atoms with van der Waals surface area (Å²) in [7, 11) is 0. The summed E-state index contributed by atoms with van der Waals surface area (Å²) in [6.45, 7) is 6.29. The van der Waals surface area contributed by atoms with E-state index in [-0.39, 0.29) is 14.9 Å². The Hall–Kier alpha value is -1.59. The van der Waals surface area contributed by atoms with Crippen LogP contribution < -0.4 is 0 Å². The molecule has 0 nitrogen and oxygen atoms in total. The average Bonchev–Trinajstić information content (AvgIpc) is 3.08. The Balaban J connectivity index is 0.000000374. The molecule has 0 bridgehead atoms. The molecule has 0 aliphatic heterocycles. The first-order chi connectivity index (χ1) is 11.1. The van der Waals surface area contributed by atoms with E-state index in [2.05, 4.69) is 90.4 Å². The first-order valence-electron chi connectivity index (χ1n) is 7.83. The molecule has 0 radical (unpaired) electrons. The predicted molar refractivity (Wildman–Crippen MR) is 113 cm³/mol. The second kappa shape index (κ2) is 11.9. The van der Waals surface area contributed by atoms with Crippen LogP contribution in [0.15, 0.2) is 72.8 Å². The SMILES string of the molecule is C[CH]=[Zr].Cc1cc2ccccc2[cH-]1.Cc1cc2ccccc2[cH-]1.[CH3-].[CH3-]. The molecule has 4 aromatic rings. The molecule has 0 fully saturated rings. The number of aryl methyl sites for hydroxylation is 2. The third-order valence-electron chi connectivity index (χ3n) is 3.52. The zero-order valence-electron chi connectivity index (χ0n) is 16.0. The van der Waals surface area contributed by atoms with E-state index in [1.165, 1.54) is 56.9 Å². The van der Waals surface area contributed by atoms with Crippen molar-refractivity contribution in [3.63, 3.8) is 0 Å². The molecule has 1 heteroatoms. The van der Waals surface area contributed by atoms with E-state index in [1.807, 2.05) is 6.92 Å². The molecule has 0 spiro atoms. The fraction of sp³-hybridized carbons (Fsp3) is 0.125. The quantitative estimate of drug-likeness (QED) is 0.276. The van der Waals surface area contributed by atoms with Crippen molar-refractivity contribution in [2.24, 2.45) is 0 Å². The molecule has 0 aliphatic rings. The van der Waals surface area contributed by atoms with Gasteiger partial charge in [0.15, 0.2) is 0 Å². The van der Waals surface area contributed by atoms with Crippen molar-refractivity contribution in [1.29, 1.82) is 0 Å². The number of hydrogen-bond acceptors (Lipinski definition) is 0. The van der Waals surface area contributed by atoms with Gasteiger partial charge < -0.3 is 14.9 Å². The molecule has 0 N–H and O–H groups in total. The molecule has 0 amide bonds. The summed E-state index contributed by atoms with van der Waals surface area (Å²) in [5.41, 5.74) is 2.70. The first-order valence-corrected chi connectivity index (χ1v) is 9.25. The average molecular weight is 408 g/mol. The minimum Gasteiger partial charge on any atom is -0.358 e. The Morgan fingerprint density at radius 1 is 0.720 bits per heavy atom. The van der Waals surface area contributed by atoms with Gasteiger partial charge in [0, 0.05) is 0 Å². The van der Waals surface area contributed by atoms with Crippen molar-refractivity contribution in [3.8, 4) is 0 Å². The maximum Gasteiger partial charge on any atom is -0.0579 e. The van der Waals surface area contributed by atoms with E-state index >= 15 is 0 Å². The van der Waals surface area contributed by atoms with Gasteiger partial charge >= 0.3 is 34.9 Å². The van der Waals surface area contributed by atoms with E-state index in [9.17, 15) is 0 Å². The summed E-state index contributed by atoms with van der Waals surface area (Å²) in [4.78, 5) is 0. The van der Waals surface area contributed by atoms with E-state index in [4.69, 9.17) is 0 Å². The maximum absolute atomic E-state index is 2.20. The number of hydrogen-bond donors (Lipinski definition) is 0. The fourth-order valence-electron chi connectivity index (χ4n) is 2.61. The van der Waals surface area contributed by atoms with Crippen LogP contribution in [0.1, 0.15) is 18.1 Å². The molecule has 0 saturated carbocycles. The predicted octanol–water partition coefficient (Wildman–Crippen LogP) is 6.99. The standard InChI is InChI=1S/2C10H9.C2H4.2CH3.Zr/c2*1-8-6-9-4-2-3-5-10(9)7-8;1-2;;;/h2*2-7H,1H3;1H,2H3;2*1H3;/q2*-1;;2*-1;. The number of rotatable bonds is 0.